The largest absolute Gasteiger partial charge is 0.349 e. The molecule has 0 spiro atoms. The number of pyridine rings is 1. The highest BCUT2D eigenvalue weighted by molar-refractivity contribution is 6.33. The van der Waals surface area contributed by atoms with Crippen LogP contribution >= 0.6 is 11.6 Å². The molecule has 0 aliphatic heterocycles. The molecule has 0 aliphatic carbocycles. The number of aromatic nitrogens is 1. The molecule has 0 bridgehead atoms. The van der Waals surface area contributed by atoms with Gasteiger partial charge in [-0.1, -0.05) is 17.7 Å². The summed E-state index contributed by atoms with van der Waals surface area (Å²) in [6.07, 6.45) is 3.72. The first-order chi connectivity index (χ1) is 8.10. The van der Waals surface area contributed by atoms with E-state index >= 15 is 0 Å². The lowest BCUT2D eigenvalue weighted by Gasteiger charge is -2.27. The molecule has 1 aromatic heterocycles. The van der Waals surface area contributed by atoms with Crippen LogP contribution in [0.1, 0.15) is 19.4 Å². The Hall–Kier alpha value is -1.06. The van der Waals surface area contributed by atoms with Gasteiger partial charge in [0.05, 0.1) is 5.02 Å². The molecule has 0 aromatic carbocycles. The maximum absolute atomic E-state index is 6.27. The first-order valence-electron chi connectivity index (χ1n) is 5.76. The van der Waals surface area contributed by atoms with Gasteiger partial charge in [0.15, 0.2) is 0 Å². The van der Waals surface area contributed by atoms with Crippen molar-refractivity contribution in [3.05, 3.63) is 35.5 Å². The number of nitrogens with zero attached hydrogens (tertiary/aromatic N) is 2. The first kappa shape index (κ1) is 14.0. The van der Waals surface area contributed by atoms with Crippen molar-refractivity contribution in [3.63, 3.8) is 0 Å². The van der Waals surface area contributed by atoms with Gasteiger partial charge in [-0.25, -0.2) is 4.98 Å². The second-order valence-electron chi connectivity index (χ2n) is 4.21. The van der Waals surface area contributed by atoms with Gasteiger partial charge in [0.1, 0.15) is 5.82 Å². The Kier molecular flexibility index (Phi) is 5.45. The smallest absolute Gasteiger partial charge is 0.147 e. The summed E-state index contributed by atoms with van der Waals surface area (Å²) in [6.45, 7) is 9.51. The number of hydrogen-bond acceptors (Lipinski definition) is 3. The molecule has 0 saturated heterocycles. The van der Waals surface area contributed by atoms with Crippen LogP contribution in [-0.4, -0.2) is 24.6 Å². The van der Waals surface area contributed by atoms with Crippen LogP contribution in [0.2, 0.25) is 5.02 Å². The molecular formula is C13H20ClN3. The Morgan fingerprint density at radius 3 is 2.76 bits per heavy atom. The van der Waals surface area contributed by atoms with E-state index in [0.29, 0.717) is 11.1 Å². The lowest BCUT2D eigenvalue weighted by molar-refractivity contribution is 0.711. The summed E-state index contributed by atoms with van der Waals surface area (Å²) in [7, 11) is 1.90. The van der Waals surface area contributed by atoms with Crippen molar-refractivity contribution in [2.75, 3.05) is 18.5 Å². The van der Waals surface area contributed by atoms with E-state index in [1.54, 1.807) is 0 Å². The SMILES string of the molecule is C=CCN(c1ncc(CNC)cc1Cl)C(C)C. The van der Waals surface area contributed by atoms with Crippen LogP contribution in [0.25, 0.3) is 0 Å². The van der Waals surface area contributed by atoms with Crippen molar-refractivity contribution >= 4 is 17.4 Å². The van der Waals surface area contributed by atoms with E-state index < -0.39 is 0 Å². The van der Waals surface area contributed by atoms with Crippen molar-refractivity contribution in [2.24, 2.45) is 0 Å². The third kappa shape index (κ3) is 3.72. The number of rotatable bonds is 6. The van der Waals surface area contributed by atoms with Gasteiger partial charge < -0.3 is 10.2 Å². The molecule has 1 aromatic rings. The van der Waals surface area contributed by atoms with Crippen LogP contribution in [0.5, 0.6) is 0 Å². The van der Waals surface area contributed by atoms with E-state index in [-0.39, 0.29) is 0 Å². The number of halogens is 1. The fourth-order valence-corrected chi connectivity index (χ4v) is 1.96. The molecule has 0 atom stereocenters. The van der Waals surface area contributed by atoms with Crippen LogP contribution in [0.3, 0.4) is 0 Å². The van der Waals surface area contributed by atoms with Gasteiger partial charge in [0.2, 0.25) is 0 Å². The second-order valence-corrected chi connectivity index (χ2v) is 4.62. The lowest BCUT2D eigenvalue weighted by atomic mass is 10.2. The molecule has 0 aliphatic rings. The Morgan fingerprint density at radius 1 is 1.59 bits per heavy atom. The maximum atomic E-state index is 6.27. The highest BCUT2D eigenvalue weighted by Crippen LogP contribution is 2.25. The minimum atomic E-state index is 0.341. The summed E-state index contributed by atoms with van der Waals surface area (Å²) in [4.78, 5) is 6.57. The van der Waals surface area contributed by atoms with Crippen LogP contribution in [0, 0.1) is 0 Å². The number of nitrogens with one attached hydrogen (secondary N) is 1. The third-order valence-electron chi connectivity index (χ3n) is 2.48. The van der Waals surface area contributed by atoms with Crippen LogP contribution in [-0.2, 0) is 6.54 Å². The Morgan fingerprint density at radius 2 is 2.29 bits per heavy atom. The van der Waals surface area contributed by atoms with Crippen molar-refractivity contribution in [1.82, 2.24) is 10.3 Å². The predicted molar refractivity (Wildman–Crippen MR) is 74.7 cm³/mol. The first-order valence-corrected chi connectivity index (χ1v) is 6.14. The average Bonchev–Trinajstić information content (AvgIpc) is 2.27. The highest BCUT2D eigenvalue weighted by Gasteiger charge is 2.14. The van der Waals surface area contributed by atoms with E-state index in [9.17, 15) is 0 Å². The Balaban J connectivity index is 2.99. The van der Waals surface area contributed by atoms with Gasteiger partial charge in [-0.2, -0.15) is 0 Å². The van der Waals surface area contributed by atoms with Gasteiger partial charge in [-0.15, -0.1) is 6.58 Å². The van der Waals surface area contributed by atoms with Crippen molar-refractivity contribution in [3.8, 4) is 0 Å². The molecule has 94 valence electrons. The van der Waals surface area contributed by atoms with Crippen molar-refractivity contribution < 1.29 is 0 Å². The molecule has 3 nitrogen and oxygen atoms in total. The molecule has 0 fully saturated rings. The zero-order valence-electron chi connectivity index (χ0n) is 10.7. The minimum Gasteiger partial charge on any atom is -0.349 e. The molecule has 1 rings (SSSR count). The van der Waals surface area contributed by atoms with E-state index in [4.69, 9.17) is 11.6 Å². The van der Waals surface area contributed by atoms with Crippen molar-refractivity contribution in [1.29, 1.82) is 0 Å². The van der Waals surface area contributed by atoms with E-state index in [0.717, 1.165) is 24.5 Å². The van der Waals surface area contributed by atoms with E-state index in [1.807, 2.05) is 25.4 Å². The highest BCUT2D eigenvalue weighted by atomic mass is 35.5. The Bertz CT molecular complexity index is 377. The molecule has 0 amide bonds. The van der Waals surface area contributed by atoms with Gasteiger partial charge >= 0.3 is 0 Å². The molecule has 4 heteroatoms. The zero-order chi connectivity index (χ0) is 12.8. The zero-order valence-corrected chi connectivity index (χ0v) is 11.5. The van der Waals surface area contributed by atoms with Crippen molar-refractivity contribution in [2.45, 2.75) is 26.4 Å². The summed E-state index contributed by atoms with van der Waals surface area (Å²) in [5.74, 6) is 0.821. The second kappa shape index (κ2) is 6.62. The number of anilines is 1. The Labute approximate surface area is 108 Å². The summed E-state index contributed by atoms with van der Waals surface area (Å²) in [5.41, 5.74) is 1.09. The maximum Gasteiger partial charge on any atom is 0.147 e. The van der Waals surface area contributed by atoms with E-state index in [1.165, 1.54) is 0 Å². The summed E-state index contributed by atoms with van der Waals surface area (Å²) in [6, 6.07) is 2.30. The summed E-state index contributed by atoms with van der Waals surface area (Å²) < 4.78 is 0. The molecule has 1 N–H and O–H groups in total. The molecule has 17 heavy (non-hydrogen) atoms. The quantitative estimate of drug-likeness (QED) is 0.791. The summed E-state index contributed by atoms with van der Waals surface area (Å²) >= 11 is 6.27. The minimum absolute atomic E-state index is 0.341. The molecule has 0 unspecified atom stereocenters. The van der Waals surface area contributed by atoms with E-state index in [2.05, 4.69) is 35.6 Å². The van der Waals surface area contributed by atoms with Gasteiger partial charge in [0, 0.05) is 25.3 Å². The molecular weight excluding hydrogens is 234 g/mol. The number of hydrogen-bond donors (Lipinski definition) is 1. The lowest BCUT2D eigenvalue weighted by Crippen LogP contribution is -2.31. The van der Waals surface area contributed by atoms with Gasteiger partial charge in [-0.3, -0.25) is 0 Å². The standard InChI is InChI=1S/C13H20ClN3/c1-5-6-17(10(2)3)13-12(14)7-11(8-15-4)9-16-13/h5,7,9-10,15H,1,6,8H2,2-4H3. The summed E-state index contributed by atoms with van der Waals surface area (Å²) in [5, 5.41) is 3.77. The average molecular weight is 254 g/mol. The predicted octanol–water partition coefficient (Wildman–Crippen LogP) is 2.86. The fourth-order valence-electron chi connectivity index (χ4n) is 1.66. The van der Waals surface area contributed by atoms with Crippen LogP contribution in [0.15, 0.2) is 24.9 Å². The van der Waals surface area contributed by atoms with Gasteiger partial charge in [0.25, 0.3) is 0 Å². The van der Waals surface area contributed by atoms with Gasteiger partial charge in [-0.05, 0) is 32.5 Å². The normalized spacial score (nSPS) is 10.6. The topological polar surface area (TPSA) is 28.2 Å². The van der Waals surface area contributed by atoms with Crippen LogP contribution in [0.4, 0.5) is 5.82 Å². The molecule has 0 radical (unpaired) electrons. The molecule has 1 heterocycles. The monoisotopic (exact) mass is 253 g/mol. The third-order valence-corrected chi connectivity index (χ3v) is 2.76. The molecule has 0 saturated carbocycles. The van der Waals surface area contributed by atoms with Crippen LogP contribution < -0.4 is 10.2 Å². The fraction of sp³-hybridized carbons (Fsp3) is 0.462.